The molecule has 0 radical (unpaired) electrons. The van der Waals surface area contributed by atoms with Crippen molar-refractivity contribution in [2.75, 3.05) is 0 Å². The Bertz CT molecular complexity index is 335. The van der Waals surface area contributed by atoms with Crippen molar-refractivity contribution in [2.45, 2.75) is 48.4 Å². The minimum absolute atomic E-state index is 0.491. The summed E-state index contributed by atoms with van der Waals surface area (Å²) >= 11 is 2.02. The first-order valence-electron chi connectivity index (χ1n) is 6.03. The Kier molecular flexibility index (Phi) is 2.72. The average Bonchev–Trinajstić information content (AvgIpc) is 2.28. The molecule has 2 rings (SSSR count). The maximum atomic E-state index is 3.94. The summed E-state index contributed by atoms with van der Waals surface area (Å²) in [7, 11) is 0. The van der Waals surface area contributed by atoms with Gasteiger partial charge in [-0.05, 0) is 0 Å². The van der Waals surface area contributed by atoms with Gasteiger partial charge in [-0.15, -0.1) is 0 Å². The molecule has 15 heavy (non-hydrogen) atoms. The summed E-state index contributed by atoms with van der Waals surface area (Å²) in [6, 6.07) is 0. The number of fused-ring (bicyclic) bond motifs is 2. The fraction of sp³-hybridized carbons (Fsp3) is 0.846. The van der Waals surface area contributed by atoms with Crippen LogP contribution in [0.4, 0.5) is 0 Å². The zero-order valence-electron chi connectivity index (χ0n) is 10.9. The Morgan fingerprint density at radius 2 is 1.73 bits per heavy atom. The Morgan fingerprint density at radius 3 is 2.00 bits per heavy atom. The fourth-order valence-electron chi connectivity index (χ4n) is 4.01. The van der Waals surface area contributed by atoms with Gasteiger partial charge in [0.2, 0.25) is 0 Å². The molecule has 0 N–H and O–H groups in total. The van der Waals surface area contributed by atoms with Crippen molar-refractivity contribution < 1.29 is 0 Å². The van der Waals surface area contributed by atoms with Crippen LogP contribution in [0.15, 0.2) is 8.07 Å². The zero-order chi connectivity index (χ0) is 11.6. The Balaban J connectivity index is 2.59. The second kappa shape index (κ2) is 3.28. The molecule has 1 fully saturated rings. The predicted octanol–water partition coefficient (Wildman–Crippen LogP) is 4.97. The standard InChI is InChI=1S/C10H14Br.3CH3.Sn/c1-9(2)7-4-5-10(9,3)6-8(7)11;;;;/h7H,4-5H2,1-3H3;3*1H3;. The van der Waals surface area contributed by atoms with Crippen LogP contribution in [-0.2, 0) is 0 Å². The van der Waals surface area contributed by atoms with Crippen molar-refractivity contribution in [3.05, 3.63) is 8.07 Å². The molecule has 0 spiro atoms. The summed E-state index contributed by atoms with van der Waals surface area (Å²) in [6.45, 7) is 7.49. The van der Waals surface area contributed by atoms with Gasteiger partial charge in [0.1, 0.15) is 0 Å². The molecule has 0 aromatic heterocycles. The molecule has 2 atom stereocenters. The summed E-state index contributed by atoms with van der Waals surface area (Å²) in [6.07, 6.45) is 2.82. The van der Waals surface area contributed by atoms with Gasteiger partial charge in [-0.3, -0.25) is 0 Å². The van der Waals surface area contributed by atoms with E-state index in [-0.39, 0.29) is 0 Å². The number of hydrogen-bond donors (Lipinski definition) is 0. The van der Waals surface area contributed by atoms with Crippen molar-refractivity contribution in [2.24, 2.45) is 16.7 Å². The third-order valence-corrected chi connectivity index (χ3v) is 13.7. The van der Waals surface area contributed by atoms with Crippen LogP contribution in [0, 0.1) is 16.7 Å². The van der Waals surface area contributed by atoms with Crippen LogP contribution in [0.1, 0.15) is 33.6 Å². The van der Waals surface area contributed by atoms with E-state index in [1.807, 2.05) is 3.59 Å². The molecule has 2 bridgehead atoms. The number of rotatable bonds is 1. The molecule has 1 saturated carbocycles. The minimum atomic E-state index is -1.92. The SMILES string of the molecule is CC12CCC(C(Br)=[C]1[Sn]([CH3])([CH3])[CH3])C2(C)C. The van der Waals surface area contributed by atoms with Crippen molar-refractivity contribution in [1.82, 2.24) is 0 Å². The van der Waals surface area contributed by atoms with Crippen LogP contribution in [0.2, 0.25) is 14.8 Å². The molecule has 2 aliphatic carbocycles. The molecular weight excluding hydrogens is 355 g/mol. The molecule has 0 aromatic carbocycles. The molecule has 0 heterocycles. The van der Waals surface area contributed by atoms with Gasteiger partial charge in [0.15, 0.2) is 0 Å². The van der Waals surface area contributed by atoms with E-state index in [4.69, 9.17) is 0 Å². The summed E-state index contributed by atoms with van der Waals surface area (Å²) in [5.41, 5.74) is 0.996. The van der Waals surface area contributed by atoms with Gasteiger partial charge in [-0.1, -0.05) is 0 Å². The van der Waals surface area contributed by atoms with Gasteiger partial charge in [0.25, 0.3) is 0 Å². The number of hydrogen-bond acceptors (Lipinski definition) is 0. The van der Waals surface area contributed by atoms with Crippen molar-refractivity contribution in [1.29, 1.82) is 0 Å². The second-order valence-electron chi connectivity index (χ2n) is 7.12. The van der Waals surface area contributed by atoms with Crippen molar-refractivity contribution in [3.63, 3.8) is 0 Å². The third kappa shape index (κ3) is 1.44. The Morgan fingerprint density at radius 1 is 1.20 bits per heavy atom. The summed E-state index contributed by atoms with van der Waals surface area (Å²) in [5, 5.41) is 0. The molecule has 2 heteroatoms. The molecule has 2 unspecified atom stereocenters. The van der Waals surface area contributed by atoms with Gasteiger partial charge >= 0.3 is 108 Å². The van der Waals surface area contributed by atoms with E-state index < -0.39 is 18.4 Å². The van der Waals surface area contributed by atoms with Gasteiger partial charge in [-0.2, -0.15) is 0 Å². The first-order chi connectivity index (χ1) is 6.62. The van der Waals surface area contributed by atoms with Crippen molar-refractivity contribution in [3.8, 4) is 0 Å². The predicted molar refractivity (Wildman–Crippen MR) is 73.9 cm³/mol. The van der Waals surface area contributed by atoms with E-state index in [0.717, 1.165) is 5.92 Å². The average molecular weight is 378 g/mol. The van der Waals surface area contributed by atoms with E-state index in [9.17, 15) is 0 Å². The van der Waals surface area contributed by atoms with Crippen LogP contribution < -0.4 is 0 Å². The van der Waals surface area contributed by atoms with Gasteiger partial charge in [0.05, 0.1) is 0 Å². The van der Waals surface area contributed by atoms with Gasteiger partial charge in [-0.25, -0.2) is 0 Å². The molecule has 86 valence electrons. The number of allylic oxidation sites excluding steroid dienone is 2. The normalized spacial score (nSPS) is 39.0. The first kappa shape index (κ1) is 12.5. The molecule has 0 aliphatic heterocycles. The Hall–Kier alpha value is 1.02. The van der Waals surface area contributed by atoms with Gasteiger partial charge in [0, 0.05) is 0 Å². The molecule has 0 saturated heterocycles. The van der Waals surface area contributed by atoms with Crippen LogP contribution in [-0.4, -0.2) is 18.4 Å². The maximum absolute atomic E-state index is 3.94. The van der Waals surface area contributed by atoms with E-state index in [0.29, 0.717) is 10.8 Å². The molecule has 2 aliphatic rings. The third-order valence-electron chi connectivity index (χ3n) is 5.07. The zero-order valence-corrected chi connectivity index (χ0v) is 15.3. The van der Waals surface area contributed by atoms with E-state index in [2.05, 4.69) is 51.5 Å². The monoisotopic (exact) mass is 378 g/mol. The fourth-order valence-corrected chi connectivity index (χ4v) is 17.8. The van der Waals surface area contributed by atoms with Crippen LogP contribution in [0.5, 0.6) is 0 Å². The molecule has 0 aromatic rings. The Labute approximate surface area is 107 Å². The molecular formula is C13H23BrSn. The summed E-state index contributed by atoms with van der Waals surface area (Å²) in [5.74, 6) is 0.813. The first-order valence-corrected chi connectivity index (χ1v) is 16.8. The van der Waals surface area contributed by atoms with Crippen LogP contribution in [0.3, 0.4) is 0 Å². The van der Waals surface area contributed by atoms with E-state index >= 15 is 0 Å². The molecule has 0 amide bonds. The quantitative estimate of drug-likeness (QED) is 0.566. The van der Waals surface area contributed by atoms with Crippen LogP contribution >= 0.6 is 15.9 Å². The number of halogens is 1. The van der Waals surface area contributed by atoms with Crippen LogP contribution in [0.25, 0.3) is 0 Å². The van der Waals surface area contributed by atoms with Gasteiger partial charge < -0.3 is 0 Å². The second-order valence-corrected chi connectivity index (χ2v) is 22.2. The topological polar surface area (TPSA) is 0 Å². The van der Waals surface area contributed by atoms with E-state index in [1.165, 1.54) is 12.8 Å². The van der Waals surface area contributed by atoms with E-state index in [1.54, 1.807) is 4.48 Å². The summed E-state index contributed by atoms with van der Waals surface area (Å²) in [4.78, 5) is 7.69. The van der Waals surface area contributed by atoms with Crippen molar-refractivity contribution >= 4 is 34.3 Å². The molecule has 0 nitrogen and oxygen atoms in total. The summed E-state index contributed by atoms with van der Waals surface area (Å²) < 4.78 is 3.50.